The minimum Gasteiger partial charge on any atom is -0.348 e. The molecule has 0 saturated carbocycles. The summed E-state index contributed by atoms with van der Waals surface area (Å²) in [5.41, 5.74) is 1.93. The molecule has 0 bridgehead atoms. The molecule has 0 spiro atoms. The van der Waals surface area contributed by atoms with Crippen molar-refractivity contribution in [2.75, 3.05) is 0 Å². The largest absolute Gasteiger partial charge is 0.348 e. The fourth-order valence-corrected chi connectivity index (χ4v) is 2.27. The van der Waals surface area contributed by atoms with Crippen LogP contribution >= 0.6 is 0 Å². The van der Waals surface area contributed by atoms with Gasteiger partial charge in [-0.1, -0.05) is 38.8 Å². The lowest BCUT2D eigenvalue weighted by molar-refractivity contribution is 0.0932. The van der Waals surface area contributed by atoms with Crippen molar-refractivity contribution in [2.24, 2.45) is 5.92 Å². The van der Waals surface area contributed by atoms with Gasteiger partial charge in [-0.05, 0) is 31.4 Å². The van der Waals surface area contributed by atoms with E-state index >= 15 is 0 Å². The summed E-state index contributed by atoms with van der Waals surface area (Å²) in [5, 5.41) is 2.99. The minimum absolute atomic E-state index is 0.148. The van der Waals surface area contributed by atoms with E-state index in [0.717, 1.165) is 23.9 Å². The zero-order valence-electron chi connectivity index (χ0n) is 13.0. The molecule has 1 N–H and O–H groups in total. The molecule has 1 aromatic carbocycles. The first-order valence-corrected chi connectivity index (χ1v) is 7.59. The quantitative estimate of drug-likeness (QED) is 0.882. The number of fused-ring (bicyclic) bond motifs is 1. The van der Waals surface area contributed by atoms with Gasteiger partial charge >= 0.3 is 0 Å². The predicted molar refractivity (Wildman–Crippen MR) is 85.2 cm³/mol. The standard InChI is InChI=1S/C17H23N3O/c1-12(2)7-6-8-13(3)19-17(21)16-11-18-14-9-4-5-10-15(14)20-16/h4-5,9-13H,6-8H2,1-3H3,(H,19,21). The molecular formula is C17H23N3O. The molecule has 0 fully saturated rings. The first-order chi connectivity index (χ1) is 10.1. The SMILES string of the molecule is CC(C)CCCC(C)NC(=O)c1cnc2ccccc2n1. The monoisotopic (exact) mass is 285 g/mol. The van der Waals surface area contributed by atoms with E-state index < -0.39 is 0 Å². The molecule has 4 heteroatoms. The van der Waals surface area contributed by atoms with Crippen LogP contribution in [0, 0.1) is 5.92 Å². The lowest BCUT2D eigenvalue weighted by atomic mass is 10.0. The van der Waals surface area contributed by atoms with E-state index in [1.165, 1.54) is 6.42 Å². The van der Waals surface area contributed by atoms with Crippen molar-refractivity contribution in [3.05, 3.63) is 36.2 Å². The Kier molecular flexibility index (Phi) is 5.26. The van der Waals surface area contributed by atoms with Crippen molar-refractivity contribution in [1.82, 2.24) is 15.3 Å². The molecule has 1 aromatic heterocycles. The molecule has 0 aliphatic carbocycles. The molecule has 0 radical (unpaired) electrons. The van der Waals surface area contributed by atoms with Gasteiger partial charge in [-0.25, -0.2) is 4.98 Å². The number of hydrogen-bond donors (Lipinski definition) is 1. The third kappa shape index (κ3) is 4.52. The molecule has 1 unspecified atom stereocenters. The van der Waals surface area contributed by atoms with Crippen LogP contribution in [0.2, 0.25) is 0 Å². The van der Waals surface area contributed by atoms with Crippen molar-refractivity contribution in [1.29, 1.82) is 0 Å². The van der Waals surface area contributed by atoms with Crippen LogP contribution in [0.3, 0.4) is 0 Å². The number of nitrogens with one attached hydrogen (secondary N) is 1. The van der Waals surface area contributed by atoms with Crippen LogP contribution in [-0.4, -0.2) is 21.9 Å². The number of nitrogens with zero attached hydrogens (tertiary/aromatic N) is 2. The van der Waals surface area contributed by atoms with E-state index in [4.69, 9.17) is 0 Å². The van der Waals surface area contributed by atoms with E-state index in [0.29, 0.717) is 11.6 Å². The average Bonchev–Trinajstić information content (AvgIpc) is 2.46. The second-order valence-electron chi connectivity index (χ2n) is 5.94. The number of carbonyl (C=O) groups is 1. The zero-order chi connectivity index (χ0) is 15.2. The Balaban J connectivity index is 1.95. The van der Waals surface area contributed by atoms with Crippen molar-refractivity contribution >= 4 is 16.9 Å². The summed E-state index contributed by atoms with van der Waals surface area (Å²) < 4.78 is 0. The van der Waals surface area contributed by atoms with Crippen LogP contribution in [0.1, 0.15) is 50.5 Å². The molecule has 2 aromatic rings. The van der Waals surface area contributed by atoms with E-state index in [2.05, 4.69) is 29.1 Å². The molecule has 4 nitrogen and oxygen atoms in total. The maximum atomic E-state index is 12.2. The number of hydrogen-bond acceptors (Lipinski definition) is 3. The highest BCUT2D eigenvalue weighted by atomic mass is 16.1. The Morgan fingerprint density at radius 3 is 2.57 bits per heavy atom. The van der Waals surface area contributed by atoms with Crippen molar-refractivity contribution in [2.45, 2.75) is 46.1 Å². The summed E-state index contributed by atoms with van der Waals surface area (Å²) in [6.45, 7) is 6.47. The van der Waals surface area contributed by atoms with Gasteiger partial charge in [0, 0.05) is 6.04 Å². The molecule has 1 atom stereocenters. The summed E-state index contributed by atoms with van der Waals surface area (Å²) in [5.74, 6) is 0.560. The van der Waals surface area contributed by atoms with Gasteiger partial charge < -0.3 is 5.32 Å². The maximum Gasteiger partial charge on any atom is 0.271 e. The van der Waals surface area contributed by atoms with E-state index in [1.54, 1.807) is 6.20 Å². The second kappa shape index (κ2) is 7.16. The smallest absolute Gasteiger partial charge is 0.271 e. The summed E-state index contributed by atoms with van der Waals surface area (Å²) >= 11 is 0. The molecule has 21 heavy (non-hydrogen) atoms. The Bertz CT molecular complexity index is 610. The van der Waals surface area contributed by atoms with Gasteiger partial charge in [0.05, 0.1) is 17.2 Å². The third-order valence-corrected chi connectivity index (χ3v) is 3.48. The van der Waals surface area contributed by atoms with Gasteiger partial charge in [-0.15, -0.1) is 0 Å². The van der Waals surface area contributed by atoms with E-state index in [1.807, 2.05) is 31.2 Å². The highest BCUT2D eigenvalue weighted by molar-refractivity contribution is 5.93. The maximum absolute atomic E-state index is 12.2. The fraction of sp³-hybridized carbons (Fsp3) is 0.471. The first kappa shape index (κ1) is 15.4. The number of aromatic nitrogens is 2. The highest BCUT2D eigenvalue weighted by Gasteiger charge is 2.12. The lowest BCUT2D eigenvalue weighted by Gasteiger charge is -2.14. The second-order valence-corrected chi connectivity index (χ2v) is 5.94. The highest BCUT2D eigenvalue weighted by Crippen LogP contribution is 2.10. The lowest BCUT2D eigenvalue weighted by Crippen LogP contribution is -2.33. The van der Waals surface area contributed by atoms with Crippen molar-refractivity contribution in [3.63, 3.8) is 0 Å². The number of amides is 1. The number of rotatable bonds is 6. The topological polar surface area (TPSA) is 54.9 Å². The van der Waals surface area contributed by atoms with Crippen LogP contribution < -0.4 is 5.32 Å². The average molecular weight is 285 g/mol. The van der Waals surface area contributed by atoms with Gasteiger partial charge in [0.25, 0.3) is 5.91 Å². The molecule has 112 valence electrons. The Morgan fingerprint density at radius 1 is 1.14 bits per heavy atom. The number of para-hydroxylation sites is 2. The molecule has 1 heterocycles. The van der Waals surface area contributed by atoms with Gasteiger partial charge in [0.2, 0.25) is 0 Å². The van der Waals surface area contributed by atoms with Gasteiger partial charge in [-0.3, -0.25) is 9.78 Å². The summed E-state index contributed by atoms with van der Waals surface area (Å²) in [4.78, 5) is 20.8. The summed E-state index contributed by atoms with van der Waals surface area (Å²) in [6, 6.07) is 7.72. The van der Waals surface area contributed by atoms with Crippen molar-refractivity contribution in [3.8, 4) is 0 Å². The third-order valence-electron chi connectivity index (χ3n) is 3.48. The summed E-state index contributed by atoms with van der Waals surface area (Å²) in [6.07, 6.45) is 4.85. The Morgan fingerprint density at radius 2 is 1.86 bits per heavy atom. The molecule has 1 amide bonds. The number of benzene rings is 1. The van der Waals surface area contributed by atoms with Gasteiger partial charge in [0.15, 0.2) is 0 Å². The predicted octanol–water partition coefficient (Wildman–Crippen LogP) is 3.57. The Labute approximate surface area is 126 Å². The van der Waals surface area contributed by atoms with Crippen LogP contribution in [0.25, 0.3) is 11.0 Å². The van der Waals surface area contributed by atoms with Gasteiger partial charge in [-0.2, -0.15) is 0 Å². The van der Waals surface area contributed by atoms with Crippen LogP contribution in [-0.2, 0) is 0 Å². The number of carbonyl (C=O) groups excluding carboxylic acids is 1. The first-order valence-electron chi connectivity index (χ1n) is 7.59. The van der Waals surface area contributed by atoms with Crippen LogP contribution in [0.15, 0.2) is 30.5 Å². The van der Waals surface area contributed by atoms with Gasteiger partial charge in [0.1, 0.15) is 5.69 Å². The van der Waals surface area contributed by atoms with E-state index in [-0.39, 0.29) is 11.9 Å². The molecule has 2 rings (SSSR count). The fourth-order valence-electron chi connectivity index (χ4n) is 2.27. The normalized spacial score (nSPS) is 12.6. The zero-order valence-corrected chi connectivity index (χ0v) is 13.0. The summed E-state index contributed by atoms with van der Waals surface area (Å²) in [7, 11) is 0. The molecule has 0 aliphatic rings. The molecule has 0 saturated heterocycles. The van der Waals surface area contributed by atoms with Crippen molar-refractivity contribution < 1.29 is 4.79 Å². The Hall–Kier alpha value is -1.97. The van der Waals surface area contributed by atoms with Crippen LogP contribution in [0.5, 0.6) is 0 Å². The van der Waals surface area contributed by atoms with Crippen LogP contribution in [0.4, 0.5) is 0 Å². The minimum atomic E-state index is -0.148. The molecule has 0 aliphatic heterocycles. The molecular weight excluding hydrogens is 262 g/mol. The van der Waals surface area contributed by atoms with E-state index in [9.17, 15) is 4.79 Å².